The summed E-state index contributed by atoms with van der Waals surface area (Å²) in [4.78, 5) is 2.39. The molecule has 0 aromatic carbocycles. The molecule has 3 N–H and O–H groups in total. The predicted molar refractivity (Wildman–Crippen MR) is 62.7 cm³/mol. The second kappa shape index (κ2) is 5.01. The van der Waals surface area contributed by atoms with Crippen molar-refractivity contribution < 1.29 is 9.11 Å². The molecule has 4 nitrogen and oxygen atoms in total. The van der Waals surface area contributed by atoms with Crippen molar-refractivity contribution in [3.8, 4) is 0 Å². The smallest absolute Gasteiger partial charge is 0.0530 e. The largest absolute Gasteiger partial charge is 0.314 e. The molecule has 0 bridgehead atoms. The Hall–Kier alpha value is 0.480. The summed E-state index contributed by atoms with van der Waals surface area (Å²) in [6, 6.07) is 0.423. The lowest BCUT2D eigenvalue weighted by Gasteiger charge is -2.34. The minimum Gasteiger partial charge on any atom is -0.314 e. The van der Waals surface area contributed by atoms with Crippen LogP contribution in [0.4, 0.5) is 0 Å². The van der Waals surface area contributed by atoms with Crippen molar-refractivity contribution in [3.63, 3.8) is 0 Å². The van der Waals surface area contributed by atoms with Crippen LogP contribution in [0.1, 0.15) is 6.42 Å². The first-order chi connectivity index (χ1) is 6.17. The fraction of sp³-hybridized carbons (Fsp3) is 1.00. The Morgan fingerprint density at radius 3 is 2.36 bits per heavy atom. The predicted octanol–water partition coefficient (Wildman–Crippen LogP) is 0.836. The van der Waals surface area contributed by atoms with E-state index < -0.39 is 10.6 Å². The van der Waals surface area contributed by atoms with Gasteiger partial charge in [0, 0.05) is 38.0 Å². The summed E-state index contributed by atoms with van der Waals surface area (Å²) < 4.78 is 19.0. The summed E-state index contributed by atoms with van der Waals surface area (Å²) in [5, 5.41) is 3.30. The van der Waals surface area contributed by atoms with Crippen LogP contribution in [0, 0.1) is 0 Å². The fourth-order valence-electron chi connectivity index (χ4n) is 2.13. The molecule has 0 aromatic heterocycles. The number of halogens is 1. The second-order valence-electron chi connectivity index (χ2n) is 3.90. The van der Waals surface area contributed by atoms with Gasteiger partial charge in [-0.25, -0.2) is 0 Å². The Morgan fingerprint density at radius 1 is 1.21 bits per heavy atom. The van der Waals surface area contributed by atoms with E-state index in [9.17, 15) is 9.11 Å². The zero-order valence-corrected chi connectivity index (χ0v) is 9.82. The zero-order valence-electron chi connectivity index (χ0n) is 8.19. The molecule has 2 heterocycles. The number of rotatable bonds is 1. The van der Waals surface area contributed by atoms with Crippen LogP contribution in [0.15, 0.2) is 0 Å². The van der Waals surface area contributed by atoms with E-state index in [0.717, 1.165) is 32.6 Å². The standard InChI is InChI=1S/C8H18N2O2S.ClH/c11-13(12)6-1-8(7-13)10-4-2-9-3-5-10;/h8-9,11-12H,1-7H2;1H. The highest BCUT2D eigenvalue weighted by molar-refractivity contribution is 8.24. The highest BCUT2D eigenvalue weighted by atomic mass is 35.5. The lowest BCUT2D eigenvalue weighted by atomic mass is 10.2. The molecule has 2 saturated heterocycles. The quantitative estimate of drug-likeness (QED) is 0.638. The molecule has 0 spiro atoms. The maximum absolute atomic E-state index is 9.49. The first kappa shape index (κ1) is 12.5. The van der Waals surface area contributed by atoms with Crippen LogP contribution in [0.3, 0.4) is 0 Å². The number of hydrogen-bond acceptors (Lipinski definition) is 4. The van der Waals surface area contributed by atoms with Crippen molar-refractivity contribution in [2.75, 3.05) is 37.7 Å². The number of nitrogens with zero attached hydrogens (tertiary/aromatic N) is 1. The Balaban J connectivity index is 0.000000980. The third-order valence-corrected chi connectivity index (χ3v) is 4.71. The van der Waals surface area contributed by atoms with Crippen LogP contribution in [-0.2, 0) is 0 Å². The number of hydrogen-bond donors (Lipinski definition) is 3. The van der Waals surface area contributed by atoms with E-state index in [1.54, 1.807) is 0 Å². The minimum atomic E-state index is -2.21. The summed E-state index contributed by atoms with van der Waals surface area (Å²) in [6.45, 7) is 4.19. The zero-order chi connectivity index (χ0) is 9.31. The van der Waals surface area contributed by atoms with E-state index >= 15 is 0 Å². The Morgan fingerprint density at radius 2 is 1.86 bits per heavy atom. The molecule has 0 aliphatic carbocycles. The van der Waals surface area contributed by atoms with Gasteiger partial charge < -0.3 is 5.32 Å². The molecule has 86 valence electrons. The molecule has 2 rings (SSSR count). The Labute approximate surface area is 92.8 Å². The van der Waals surface area contributed by atoms with Crippen LogP contribution in [-0.4, -0.2) is 57.7 Å². The van der Waals surface area contributed by atoms with Crippen molar-refractivity contribution in [2.24, 2.45) is 0 Å². The van der Waals surface area contributed by atoms with Crippen LogP contribution < -0.4 is 5.32 Å². The number of nitrogens with one attached hydrogen (secondary N) is 1. The molecule has 0 amide bonds. The Kier molecular flexibility index (Phi) is 4.49. The van der Waals surface area contributed by atoms with E-state index in [0.29, 0.717) is 17.5 Å². The normalized spacial score (nSPS) is 34.9. The van der Waals surface area contributed by atoms with Crippen molar-refractivity contribution in [1.82, 2.24) is 10.2 Å². The van der Waals surface area contributed by atoms with Gasteiger partial charge in [-0.2, -0.15) is 10.6 Å². The van der Waals surface area contributed by atoms with E-state index in [1.165, 1.54) is 0 Å². The van der Waals surface area contributed by atoms with Crippen LogP contribution in [0.2, 0.25) is 0 Å². The molecular formula is C8H19ClN2O2S. The SMILES string of the molecule is Cl.OS1(O)CCC(N2CCNCC2)C1. The van der Waals surface area contributed by atoms with Gasteiger partial charge in [0.2, 0.25) is 0 Å². The van der Waals surface area contributed by atoms with Crippen molar-refractivity contribution in [1.29, 1.82) is 0 Å². The van der Waals surface area contributed by atoms with Gasteiger partial charge >= 0.3 is 0 Å². The first-order valence-corrected chi connectivity index (χ1v) is 6.74. The van der Waals surface area contributed by atoms with E-state index in [1.807, 2.05) is 0 Å². The van der Waals surface area contributed by atoms with E-state index in [2.05, 4.69) is 10.2 Å². The maximum atomic E-state index is 9.49. The van der Waals surface area contributed by atoms with E-state index in [-0.39, 0.29) is 12.4 Å². The lowest BCUT2D eigenvalue weighted by molar-refractivity contribution is 0.187. The van der Waals surface area contributed by atoms with Gasteiger partial charge in [-0.3, -0.25) is 14.0 Å². The van der Waals surface area contributed by atoms with Gasteiger partial charge in [-0.1, -0.05) is 0 Å². The molecule has 14 heavy (non-hydrogen) atoms. The summed E-state index contributed by atoms with van der Waals surface area (Å²) in [5.74, 6) is 1.22. The highest BCUT2D eigenvalue weighted by Gasteiger charge is 2.32. The van der Waals surface area contributed by atoms with Crippen LogP contribution in [0.25, 0.3) is 0 Å². The van der Waals surface area contributed by atoms with Gasteiger partial charge in [0.25, 0.3) is 0 Å². The summed E-state index contributed by atoms with van der Waals surface area (Å²) in [7, 11) is -2.21. The van der Waals surface area contributed by atoms with Crippen molar-refractivity contribution in [2.45, 2.75) is 12.5 Å². The molecular weight excluding hydrogens is 224 g/mol. The third kappa shape index (κ3) is 2.98. The van der Waals surface area contributed by atoms with E-state index in [4.69, 9.17) is 0 Å². The molecule has 2 fully saturated rings. The fourth-order valence-corrected chi connectivity index (χ4v) is 3.94. The van der Waals surface area contributed by atoms with Crippen molar-refractivity contribution in [3.05, 3.63) is 0 Å². The average Bonchev–Trinajstić information content (AvgIpc) is 2.48. The molecule has 2 aliphatic heterocycles. The van der Waals surface area contributed by atoms with Gasteiger partial charge in [-0.05, 0) is 6.42 Å². The van der Waals surface area contributed by atoms with Crippen molar-refractivity contribution >= 4 is 23.0 Å². The molecule has 1 atom stereocenters. The lowest BCUT2D eigenvalue weighted by Crippen LogP contribution is -2.48. The monoisotopic (exact) mass is 242 g/mol. The minimum absolute atomic E-state index is 0. The van der Waals surface area contributed by atoms with Gasteiger partial charge in [-0.15, -0.1) is 12.4 Å². The topological polar surface area (TPSA) is 55.7 Å². The molecule has 6 heteroatoms. The molecule has 0 radical (unpaired) electrons. The highest BCUT2D eigenvalue weighted by Crippen LogP contribution is 2.47. The summed E-state index contributed by atoms with van der Waals surface area (Å²) >= 11 is 0. The molecule has 0 saturated carbocycles. The third-order valence-electron chi connectivity index (χ3n) is 2.91. The second-order valence-corrected chi connectivity index (χ2v) is 6.25. The first-order valence-electron chi connectivity index (χ1n) is 4.86. The molecule has 0 aromatic rings. The van der Waals surface area contributed by atoms with Gasteiger partial charge in [0.15, 0.2) is 0 Å². The van der Waals surface area contributed by atoms with Crippen LogP contribution >= 0.6 is 23.0 Å². The molecule has 2 aliphatic rings. The van der Waals surface area contributed by atoms with Gasteiger partial charge in [0.05, 0.1) is 5.75 Å². The van der Waals surface area contributed by atoms with Crippen LogP contribution in [0.5, 0.6) is 0 Å². The average molecular weight is 243 g/mol. The summed E-state index contributed by atoms with van der Waals surface area (Å²) in [5.41, 5.74) is 0. The maximum Gasteiger partial charge on any atom is 0.0530 e. The summed E-state index contributed by atoms with van der Waals surface area (Å²) in [6.07, 6.45) is 0.961. The Bertz CT molecular complexity index is 188. The van der Waals surface area contributed by atoms with Gasteiger partial charge in [0.1, 0.15) is 0 Å². The molecule has 1 unspecified atom stereocenters. The number of piperazine rings is 1.